The summed E-state index contributed by atoms with van der Waals surface area (Å²) in [5.74, 6) is 0.200. The van der Waals surface area contributed by atoms with Gasteiger partial charge in [-0.15, -0.1) is 0 Å². The number of carbonyl (C=O) groups excluding carboxylic acids is 1. The number of nitrogens with two attached hydrogens (primary N) is 1. The molecule has 3 heteroatoms. The molecule has 2 fully saturated rings. The first kappa shape index (κ1) is 10.9. The van der Waals surface area contributed by atoms with E-state index in [1.165, 1.54) is 12.8 Å². The van der Waals surface area contributed by atoms with Crippen molar-refractivity contribution in [2.45, 2.75) is 51.5 Å². The van der Waals surface area contributed by atoms with Gasteiger partial charge in [-0.05, 0) is 37.5 Å². The monoisotopic (exact) mass is 210 g/mol. The highest BCUT2D eigenvalue weighted by Crippen LogP contribution is 2.41. The first-order valence-electron chi connectivity index (χ1n) is 6.13. The average Bonchev–Trinajstić information content (AvgIpc) is 2.86. The quantitative estimate of drug-likeness (QED) is 0.767. The molecule has 3 nitrogen and oxygen atoms in total. The van der Waals surface area contributed by atoms with Crippen molar-refractivity contribution in [2.24, 2.45) is 11.1 Å². The van der Waals surface area contributed by atoms with Crippen molar-refractivity contribution in [3.05, 3.63) is 0 Å². The number of hydrogen-bond donors (Lipinski definition) is 1. The molecule has 1 aliphatic heterocycles. The van der Waals surface area contributed by atoms with Crippen molar-refractivity contribution in [2.75, 3.05) is 13.1 Å². The maximum Gasteiger partial charge on any atom is 0.242 e. The zero-order valence-electron chi connectivity index (χ0n) is 9.88. The van der Waals surface area contributed by atoms with E-state index in [2.05, 4.69) is 13.8 Å². The van der Waals surface area contributed by atoms with Crippen LogP contribution < -0.4 is 5.73 Å². The highest BCUT2D eigenvalue weighted by molar-refractivity contribution is 5.89. The van der Waals surface area contributed by atoms with Crippen LogP contribution in [0.25, 0.3) is 0 Å². The lowest BCUT2D eigenvalue weighted by molar-refractivity contribution is -0.133. The predicted octanol–water partition coefficient (Wildman–Crippen LogP) is 1.52. The van der Waals surface area contributed by atoms with Crippen LogP contribution in [0.15, 0.2) is 0 Å². The fourth-order valence-electron chi connectivity index (χ4n) is 2.60. The normalized spacial score (nSPS) is 26.7. The van der Waals surface area contributed by atoms with E-state index in [9.17, 15) is 4.79 Å². The van der Waals surface area contributed by atoms with Crippen molar-refractivity contribution in [1.29, 1.82) is 0 Å². The van der Waals surface area contributed by atoms with Crippen molar-refractivity contribution >= 4 is 5.91 Å². The molecule has 1 saturated heterocycles. The fraction of sp³-hybridized carbons (Fsp3) is 0.917. The van der Waals surface area contributed by atoms with E-state index in [0.29, 0.717) is 5.41 Å². The van der Waals surface area contributed by atoms with Crippen molar-refractivity contribution in [3.8, 4) is 0 Å². The average molecular weight is 210 g/mol. The van der Waals surface area contributed by atoms with Crippen LogP contribution in [0.3, 0.4) is 0 Å². The number of amides is 1. The molecule has 1 aliphatic carbocycles. The van der Waals surface area contributed by atoms with Crippen LogP contribution in [0.4, 0.5) is 0 Å². The van der Waals surface area contributed by atoms with Gasteiger partial charge in [-0.3, -0.25) is 4.79 Å². The zero-order chi connectivity index (χ0) is 11.1. The summed E-state index contributed by atoms with van der Waals surface area (Å²) in [4.78, 5) is 14.0. The second-order valence-electron chi connectivity index (χ2n) is 5.34. The molecule has 15 heavy (non-hydrogen) atoms. The summed E-state index contributed by atoms with van der Waals surface area (Å²) in [6, 6.07) is 0. The number of hydrogen-bond acceptors (Lipinski definition) is 2. The van der Waals surface area contributed by atoms with Gasteiger partial charge in [-0.25, -0.2) is 0 Å². The molecule has 0 radical (unpaired) electrons. The molecule has 86 valence electrons. The van der Waals surface area contributed by atoms with Gasteiger partial charge in [0.15, 0.2) is 0 Å². The molecule has 1 heterocycles. The molecule has 1 amide bonds. The van der Waals surface area contributed by atoms with Crippen LogP contribution in [0.1, 0.15) is 46.0 Å². The summed E-state index contributed by atoms with van der Waals surface area (Å²) in [7, 11) is 0. The molecule has 2 rings (SSSR count). The van der Waals surface area contributed by atoms with E-state index in [4.69, 9.17) is 5.73 Å². The van der Waals surface area contributed by atoms with E-state index >= 15 is 0 Å². The lowest BCUT2D eigenvalue weighted by atomic mass is 9.82. The third-order valence-electron chi connectivity index (χ3n) is 4.44. The molecule has 0 aromatic carbocycles. The van der Waals surface area contributed by atoms with Gasteiger partial charge in [-0.1, -0.05) is 13.8 Å². The summed E-state index contributed by atoms with van der Waals surface area (Å²) >= 11 is 0. The lowest BCUT2D eigenvalue weighted by Crippen LogP contribution is -2.45. The van der Waals surface area contributed by atoms with Crippen molar-refractivity contribution in [3.63, 3.8) is 0 Å². The SMILES string of the molecule is CCC1(CC)CCN(C(=O)C2(N)CC2)C1. The standard InChI is InChI=1S/C12H22N2O/c1-3-11(4-2)7-8-14(9-11)10(15)12(13)5-6-12/h3-9,13H2,1-2H3. The van der Waals surface area contributed by atoms with E-state index in [-0.39, 0.29) is 5.91 Å². The Balaban J connectivity index is 2.00. The van der Waals surface area contributed by atoms with E-state index in [1.54, 1.807) is 0 Å². The molecular formula is C12H22N2O. The molecule has 0 bridgehead atoms. The van der Waals surface area contributed by atoms with E-state index < -0.39 is 5.54 Å². The van der Waals surface area contributed by atoms with Gasteiger partial charge < -0.3 is 10.6 Å². The van der Waals surface area contributed by atoms with Crippen LogP contribution in [-0.2, 0) is 4.79 Å². The Hall–Kier alpha value is -0.570. The number of likely N-dealkylation sites (tertiary alicyclic amines) is 1. The van der Waals surface area contributed by atoms with Crippen LogP contribution in [0.5, 0.6) is 0 Å². The van der Waals surface area contributed by atoms with Crippen LogP contribution in [0, 0.1) is 5.41 Å². The Kier molecular flexibility index (Phi) is 2.53. The van der Waals surface area contributed by atoms with Gasteiger partial charge in [0.25, 0.3) is 0 Å². The summed E-state index contributed by atoms with van der Waals surface area (Å²) in [6.45, 7) is 6.30. The topological polar surface area (TPSA) is 46.3 Å². The Morgan fingerprint density at radius 1 is 1.27 bits per heavy atom. The van der Waals surface area contributed by atoms with E-state index in [1.807, 2.05) is 4.90 Å². The minimum atomic E-state index is -0.475. The number of carbonyl (C=O) groups is 1. The predicted molar refractivity (Wildman–Crippen MR) is 60.4 cm³/mol. The number of rotatable bonds is 3. The first-order valence-corrected chi connectivity index (χ1v) is 6.13. The molecule has 0 spiro atoms. The minimum absolute atomic E-state index is 0.200. The highest BCUT2D eigenvalue weighted by Gasteiger charge is 2.50. The van der Waals surface area contributed by atoms with Crippen LogP contribution in [0.2, 0.25) is 0 Å². The molecule has 0 unspecified atom stereocenters. The van der Waals surface area contributed by atoms with Crippen molar-refractivity contribution in [1.82, 2.24) is 4.90 Å². The Morgan fingerprint density at radius 2 is 1.87 bits per heavy atom. The van der Waals surface area contributed by atoms with Crippen molar-refractivity contribution < 1.29 is 4.79 Å². The first-order chi connectivity index (χ1) is 7.05. The largest absolute Gasteiger partial charge is 0.341 e. The maximum atomic E-state index is 12.0. The summed E-state index contributed by atoms with van der Waals surface area (Å²) in [5.41, 5.74) is 5.85. The van der Waals surface area contributed by atoms with Gasteiger partial charge in [-0.2, -0.15) is 0 Å². The molecular weight excluding hydrogens is 188 g/mol. The van der Waals surface area contributed by atoms with Gasteiger partial charge in [0, 0.05) is 13.1 Å². The van der Waals surface area contributed by atoms with Crippen LogP contribution in [-0.4, -0.2) is 29.4 Å². The molecule has 2 N–H and O–H groups in total. The highest BCUT2D eigenvalue weighted by atomic mass is 16.2. The van der Waals surface area contributed by atoms with Crippen LogP contribution >= 0.6 is 0 Å². The number of nitrogens with zero attached hydrogens (tertiary/aromatic N) is 1. The second kappa shape index (κ2) is 3.48. The van der Waals surface area contributed by atoms with Gasteiger partial charge in [0.1, 0.15) is 0 Å². The third-order valence-corrected chi connectivity index (χ3v) is 4.44. The molecule has 1 saturated carbocycles. The lowest BCUT2D eigenvalue weighted by Gasteiger charge is -2.27. The second-order valence-corrected chi connectivity index (χ2v) is 5.34. The summed E-state index contributed by atoms with van der Waals surface area (Å²) in [6.07, 6.45) is 5.26. The smallest absolute Gasteiger partial charge is 0.242 e. The Morgan fingerprint density at radius 3 is 2.27 bits per heavy atom. The third kappa shape index (κ3) is 1.78. The molecule has 0 atom stereocenters. The Labute approximate surface area is 92.0 Å². The summed E-state index contributed by atoms with van der Waals surface area (Å²) < 4.78 is 0. The minimum Gasteiger partial charge on any atom is -0.341 e. The van der Waals surface area contributed by atoms with Gasteiger partial charge in [0.05, 0.1) is 5.54 Å². The molecule has 2 aliphatic rings. The van der Waals surface area contributed by atoms with E-state index in [0.717, 1.165) is 32.4 Å². The van der Waals surface area contributed by atoms with Gasteiger partial charge >= 0.3 is 0 Å². The zero-order valence-corrected chi connectivity index (χ0v) is 9.88. The maximum absolute atomic E-state index is 12.0. The Bertz CT molecular complexity index is 267. The fourth-order valence-corrected chi connectivity index (χ4v) is 2.60. The summed E-state index contributed by atoms with van der Waals surface area (Å²) in [5, 5.41) is 0. The molecule has 0 aromatic rings. The van der Waals surface area contributed by atoms with Gasteiger partial charge in [0.2, 0.25) is 5.91 Å². The molecule has 0 aromatic heterocycles.